The van der Waals surface area contributed by atoms with Crippen LogP contribution >= 0.6 is 0 Å². The molecular weight excluding hydrogens is 265 g/mol. The Bertz CT molecular complexity index is 540. The van der Waals surface area contributed by atoms with Crippen molar-refractivity contribution in [2.75, 3.05) is 38.2 Å². The summed E-state index contributed by atoms with van der Waals surface area (Å²) in [5.74, 6) is 0.348. The highest BCUT2D eigenvalue weighted by Gasteiger charge is 2.38. The number of hydrogen-bond donors (Lipinski definition) is 1. The lowest BCUT2D eigenvalue weighted by atomic mass is 10.0. The van der Waals surface area contributed by atoms with Crippen molar-refractivity contribution in [2.24, 2.45) is 11.8 Å². The molecule has 1 aromatic rings. The average Bonchev–Trinajstić information content (AvgIpc) is 2.99. The summed E-state index contributed by atoms with van der Waals surface area (Å²) in [6.07, 6.45) is 0. The van der Waals surface area contributed by atoms with E-state index in [0.29, 0.717) is 17.5 Å². The maximum atomic E-state index is 13.7. The van der Waals surface area contributed by atoms with Crippen LogP contribution in [0.4, 0.5) is 15.8 Å². The highest BCUT2D eigenvalue weighted by molar-refractivity contribution is 5.67. The van der Waals surface area contributed by atoms with Crippen LogP contribution in [-0.2, 0) is 0 Å². The average molecular weight is 281 g/mol. The van der Waals surface area contributed by atoms with E-state index in [9.17, 15) is 14.5 Å². The van der Waals surface area contributed by atoms with Crippen molar-refractivity contribution in [3.63, 3.8) is 0 Å². The Kier molecular flexibility index (Phi) is 3.21. The van der Waals surface area contributed by atoms with Gasteiger partial charge in [-0.2, -0.15) is 0 Å². The van der Waals surface area contributed by atoms with Crippen LogP contribution in [-0.4, -0.2) is 38.2 Å². The van der Waals surface area contributed by atoms with E-state index in [4.69, 9.17) is 4.74 Å². The lowest BCUT2D eigenvalue weighted by molar-refractivity contribution is -0.384. The number of benzene rings is 1. The third-order valence-corrected chi connectivity index (χ3v) is 4.18. The van der Waals surface area contributed by atoms with Gasteiger partial charge in [-0.25, -0.2) is 4.39 Å². The number of anilines is 1. The fraction of sp³-hybridized carbons (Fsp3) is 0.538. The summed E-state index contributed by atoms with van der Waals surface area (Å²) in [5.41, 5.74) is 0.249. The van der Waals surface area contributed by atoms with Gasteiger partial charge in [0.15, 0.2) is 11.6 Å². The van der Waals surface area contributed by atoms with Crippen molar-refractivity contribution in [1.82, 2.24) is 5.32 Å². The minimum absolute atomic E-state index is 0.0424. The fourth-order valence-corrected chi connectivity index (χ4v) is 3.14. The van der Waals surface area contributed by atoms with Crippen molar-refractivity contribution in [3.05, 3.63) is 28.1 Å². The SMILES string of the molecule is COc1cc(N2CC3CNCC3C2)c([N+](=O)[O-])cc1F. The molecule has 2 fully saturated rings. The zero-order valence-electron chi connectivity index (χ0n) is 11.1. The van der Waals surface area contributed by atoms with E-state index >= 15 is 0 Å². The molecule has 0 radical (unpaired) electrons. The minimum atomic E-state index is -0.705. The lowest BCUT2D eigenvalue weighted by Gasteiger charge is -2.20. The standard InChI is InChI=1S/C13H16FN3O3/c1-20-13-3-11(12(17(18)19)2-10(13)14)16-6-8-4-15-5-9(8)7-16/h2-3,8-9,15H,4-7H2,1H3. The monoisotopic (exact) mass is 281 g/mol. The fourth-order valence-electron chi connectivity index (χ4n) is 3.14. The molecule has 2 unspecified atom stereocenters. The number of methoxy groups -OCH3 is 1. The molecule has 1 N–H and O–H groups in total. The smallest absolute Gasteiger partial charge is 0.295 e. The molecule has 6 nitrogen and oxygen atoms in total. The summed E-state index contributed by atoms with van der Waals surface area (Å²) in [4.78, 5) is 12.6. The molecule has 0 aromatic heterocycles. The summed E-state index contributed by atoms with van der Waals surface area (Å²) in [6, 6.07) is 2.38. The van der Waals surface area contributed by atoms with Crippen molar-refractivity contribution >= 4 is 11.4 Å². The van der Waals surface area contributed by atoms with Gasteiger partial charge in [0.25, 0.3) is 5.69 Å². The first-order valence-electron chi connectivity index (χ1n) is 6.57. The van der Waals surface area contributed by atoms with Crippen LogP contribution in [0.1, 0.15) is 0 Å². The van der Waals surface area contributed by atoms with Crippen LogP contribution in [0.5, 0.6) is 5.75 Å². The molecule has 20 heavy (non-hydrogen) atoms. The second-order valence-electron chi connectivity index (χ2n) is 5.32. The van der Waals surface area contributed by atoms with Crippen molar-refractivity contribution in [2.45, 2.75) is 0 Å². The van der Waals surface area contributed by atoms with E-state index in [1.54, 1.807) is 0 Å². The third-order valence-electron chi connectivity index (χ3n) is 4.18. The third kappa shape index (κ3) is 2.07. The molecule has 0 amide bonds. The molecule has 2 heterocycles. The maximum Gasteiger partial charge on any atom is 0.295 e. The molecule has 0 saturated carbocycles. The quantitative estimate of drug-likeness (QED) is 0.670. The second-order valence-corrected chi connectivity index (χ2v) is 5.32. The first-order chi connectivity index (χ1) is 9.60. The van der Waals surface area contributed by atoms with Crippen molar-refractivity contribution in [1.29, 1.82) is 0 Å². The Morgan fingerprint density at radius 1 is 1.40 bits per heavy atom. The molecule has 0 spiro atoms. The van der Waals surface area contributed by atoms with Gasteiger partial charge in [-0.15, -0.1) is 0 Å². The molecule has 108 valence electrons. The van der Waals surface area contributed by atoms with Gasteiger partial charge in [-0.3, -0.25) is 10.1 Å². The molecule has 3 rings (SSSR count). The van der Waals surface area contributed by atoms with Crippen LogP contribution < -0.4 is 15.0 Å². The van der Waals surface area contributed by atoms with Crippen LogP contribution in [0, 0.1) is 27.8 Å². The predicted molar refractivity (Wildman–Crippen MR) is 71.7 cm³/mol. The number of halogens is 1. The molecule has 2 aliphatic rings. The van der Waals surface area contributed by atoms with Gasteiger partial charge < -0.3 is 15.0 Å². The van der Waals surface area contributed by atoms with E-state index in [-0.39, 0.29) is 11.4 Å². The van der Waals surface area contributed by atoms with Crippen molar-refractivity contribution < 1.29 is 14.1 Å². The molecule has 7 heteroatoms. The van der Waals surface area contributed by atoms with Gasteiger partial charge >= 0.3 is 0 Å². The Morgan fingerprint density at radius 2 is 2.05 bits per heavy atom. The highest BCUT2D eigenvalue weighted by atomic mass is 19.1. The molecule has 2 aliphatic heterocycles. The van der Waals surface area contributed by atoms with Gasteiger partial charge in [0, 0.05) is 32.2 Å². The maximum absolute atomic E-state index is 13.7. The molecule has 2 atom stereocenters. The summed E-state index contributed by atoms with van der Waals surface area (Å²) in [5, 5.41) is 14.5. The van der Waals surface area contributed by atoms with Crippen LogP contribution in [0.2, 0.25) is 0 Å². The molecular formula is C13H16FN3O3. The number of rotatable bonds is 3. The Morgan fingerprint density at radius 3 is 2.60 bits per heavy atom. The largest absolute Gasteiger partial charge is 0.494 e. The number of nitro groups is 1. The first kappa shape index (κ1) is 13.1. The van der Waals surface area contributed by atoms with Crippen LogP contribution in [0.25, 0.3) is 0 Å². The number of ether oxygens (including phenoxy) is 1. The predicted octanol–water partition coefficient (Wildman–Crippen LogP) is 1.40. The summed E-state index contributed by atoms with van der Waals surface area (Å²) < 4.78 is 18.6. The van der Waals surface area contributed by atoms with E-state index in [1.165, 1.54) is 13.2 Å². The zero-order chi connectivity index (χ0) is 14.3. The zero-order valence-corrected chi connectivity index (χ0v) is 11.1. The first-order valence-corrected chi connectivity index (χ1v) is 6.57. The lowest BCUT2D eigenvalue weighted by Crippen LogP contribution is -2.26. The van der Waals surface area contributed by atoms with Gasteiger partial charge in [0.05, 0.1) is 18.1 Å². The molecule has 0 aliphatic carbocycles. The van der Waals surface area contributed by atoms with E-state index in [0.717, 1.165) is 32.2 Å². The molecule has 1 aromatic carbocycles. The summed E-state index contributed by atoms with van der Waals surface area (Å²) in [7, 11) is 1.36. The number of fused-ring (bicyclic) bond motifs is 1. The van der Waals surface area contributed by atoms with E-state index in [2.05, 4.69) is 5.32 Å². The second kappa shape index (κ2) is 4.90. The Hall–Kier alpha value is -1.89. The summed E-state index contributed by atoms with van der Waals surface area (Å²) in [6.45, 7) is 3.39. The Balaban J connectivity index is 1.97. The van der Waals surface area contributed by atoms with Gasteiger partial charge in [0.1, 0.15) is 5.69 Å². The van der Waals surface area contributed by atoms with Gasteiger partial charge in [-0.1, -0.05) is 0 Å². The van der Waals surface area contributed by atoms with E-state index < -0.39 is 10.7 Å². The summed E-state index contributed by atoms with van der Waals surface area (Å²) >= 11 is 0. The van der Waals surface area contributed by atoms with E-state index in [1.807, 2.05) is 4.90 Å². The Labute approximate surface area is 115 Å². The van der Waals surface area contributed by atoms with Crippen molar-refractivity contribution in [3.8, 4) is 5.75 Å². The number of nitrogens with one attached hydrogen (secondary N) is 1. The van der Waals surface area contributed by atoms with Gasteiger partial charge in [-0.05, 0) is 11.8 Å². The van der Waals surface area contributed by atoms with Crippen LogP contribution in [0.3, 0.4) is 0 Å². The van der Waals surface area contributed by atoms with Crippen LogP contribution in [0.15, 0.2) is 12.1 Å². The molecule has 0 bridgehead atoms. The number of nitro benzene ring substituents is 1. The number of nitrogens with zero attached hydrogens (tertiary/aromatic N) is 2. The van der Waals surface area contributed by atoms with Gasteiger partial charge in [0.2, 0.25) is 0 Å². The normalized spacial score (nSPS) is 24.8. The minimum Gasteiger partial charge on any atom is -0.494 e. The topological polar surface area (TPSA) is 67.6 Å². The highest BCUT2D eigenvalue weighted by Crippen LogP contribution is 2.38. The molecule has 2 saturated heterocycles. The number of hydrogen-bond acceptors (Lipinski definition) is 5.